The highest BCUT2D eigenvalue weighted by Gasteiger charge is 2.33. The van der Waals surface area contributed by atoms with Gasteiger partial charge in [0.05, 0.1) is 4.92 Å². The van der Waals surface area contributed by atoms with Crippen molar-refractivity contribution < 1.29 is 4.92 Å². The summed E-state index contributed by atoms with van der Waals surface area (Å²) in [6.45, 7) is 7.56. The fourth-order valence-corrected chi connectivity index (χ4v) is 2.66. The maximum absolute atomic E-state index is 11.3. The van der Waals surface area contributed by atoms with Gasteiger partial charge in [-0.05, 0) is 25.2 Å². The first-order chi connectivity index (χ1) is 9.90. The van der Waals surface area contributed by atoms with Gasteiger partial charge in [-0.2, -0.15) is 4.98 Å². The van der Waals surface area contributed by atoms with Crippen LogP contribution in [0.4, 0.5) is 17.5 Å². The van der Waals surface area contributed by atoms with Crippen LogP contribution in [0.2, 0.25) is 0 Å². The van der Waals surface area contributed by atoms with E-state index < -0.39 is 4.92 Å². The van der Waals surface area contributed by atoms with Gasteiger partial charge >= 0.3 is 5.69 Å². The summed E-state index contributed by atoms with van der Waals surface area (Å²) in [7, 11) is 0. The first kappa shape index (κ1) is 15.4. The van der Waals surface area contributed by atoms with Gasteiger partial charge in [-0.25, -0.2) is 10.8 Å². The fourth-order valence-electron chi connectivity index (χ4n) is 2.66. The van der Waals surface area contributed by atoms with Crippen molar-refractivity contribution in [3.63, 3.8) is 0 Å². The van der Waals surface area contributed by atoms with Gasteiger partial charge < -0.3 is 4.90 Å². The van der Waals surface area contributed by atoms with Crippen LogP contribution in [0.15, 0.2) is 0 Å². The second-order valence-corrected chi connectivity index (χ2v) is 5.86. The summed E-state index contributed by atoms with van der Waals surface area (Å²) in [5.41, 5.74) is 2.97. The second kappa shape index (κ2) is 5.80. The van der Waals surface area contributed by atoms with Crippen LogP contribution in [0.25, 0.3) is 0 Å². The molecule has 0 radical (unpaired) electrons. The molecule has 3 N–H and O–H groups in total. The summed E-state index contributed by atoms with van der Waals surface area (Å²) in [6, 6.07) is 0. The van der Waals surface area contributed by atoms with E-state index in [-0.39, 0.29) is 11.6 Å². The number of aromatic nitrogens is 2. The smallest absolute Gasteiger partial charge is 0.332 e. The Bertz CT molecular complexity index is 540. The average molecular weight is 294 g/mol. The Morgan fingerprint density at radius 2 is 2.05 bits per heavy atom. The lowest BCUT2D eigenvalue weighted by Gasteiger charge is -2.39. The number of hydrogen-bond donors (Lipinski definition) is 2. The molecule has 1 aliphatic heterocycles. The van der Waals surface area contributed by atoms with E-state index in [1.165, 1.54) is 0 Å². The van der Waals surface area contributed by atoms with Crippen molar-refractivity contribution in [2.24, 2.45) is 11.3 Å². The van der Waals surface area contributed by atoms with Crippen molar-refractivity contribution in [1.29, 1.82) is 0 Å². The third-order valence-corrected chi connectivity index (χ3v) is 4.48. The SMILES string of the molecule is CCC1(C)CCN(c2nc(NN)nc(C)c2[N+](=O)[O-])CC1. The van der Waals surface area contributed by atoms with Gasteiger partial charge in [0, 0.05) is 13.1 Å². The number of hydrogen-bond acceptors (Lipinski definition) is 7. The van der Waals surface area contributed by atoms with Crippen LogP contribution in [0.1, 0.15) is 38.8 Å². The highest BCUT2D eigenvalue weighted by Crippen LogP contribution is 2.38. The normalized spacial score (nSPS) is 17.6. The van der Waals surface area contributed by atoms with E-state index in [1.807, 2.05) is 4.90 Å². The molecule has 8 heteroatoms. The molecule has 0 bridgehead atoms. The lowest BCUT2D eigenvalue weighted by molar-refractivity contribution is -0.385. The Morgan fingerprint density at radius 3 is 2.52 bits per heavy atom. The van der Waals surface area contributed by atoms with E-state index in [0.29, 0.717) is 16.9 Å². The number of nitro groups is 1. The quantitative estimate of drug-likeness (QED) is 0.496. The molecule has 0 unspecified atom stereocenters. The van der Waals surface area contributed by atoms with E-state index in [2.05, 4.69) is 29.2 Å². The Kier molecular flexibility index (Phi) is 4.26. The number of anilines is 2. The van der Waals surface area contributed by atoms with E-state index in [9.17, 15) is 10.1 Å². The summed E-state index contributed by atoms with van der Waals surface area (Å²) < 4.78 is 0. The molecule has 116 valence electrons. The zero-order chi connectivity index (χ0) is 15.6. The van der Waals surface area contributed by atoms with Crippen LogP contribution < -0.4 is 16.2 Å². The van der Waals surface area contributed by atoms with E-state index in [1.54, 1.807) is 6.92 Å². The van der Waals surface area contributed by atoms with Crippen molar-refractivity contribution >= 4 is 17.5 Å². The number of piperidine rings is 1. The van der Waals surface area contributed by atoms with Gasteiger partial charge in [-0.3, -0.25) is 15.5 Å². The number of nitrogens with two attached hydrogens (primary N) is 1. The van der Waals surface area contributed by atoms with Crippen molar-refractivity contribution in [3.05, 3.63) is 15.8 Å². The summed E-state index contributed by atoms with van der Waals surface area (Å²) in [4.78, 5) is 21.1. The van der Waals surface area contributed by atoms with Crippen LogP contribution >= 0.6 is 0 Å². The molecule has 0 aromatic carbocycles. The molecular formula is C13H22N6O2. The minimum absolute atomic E-state index is 0.0332. The molecule has 1 saturated heterocycles. The molecule has 0 atom stereocenters. The van der Waals surface area contributed by atoms with Crippen molar-refractivity contribution in [2.75, 3.05) is 23.4 Å². The van der Waals surface area contributed by atoms with Crippen molar-refractivity contribution in [1.82, 2.24) is 9.97 Å². The van der Waals surface area contributed by atoms with Gasteiger partial charge in [0.25, 0.3) is 0 Å². The summed E-state index contributed by atoms with van der Waals surface area (Å²) >= 11 is 0. The molecule has 1 aromatic rings. The third-order valence-electron chi connectivity index (χ3n) is 4.48. The molecule has 1 aliphatic rings. The molecule has 0 aliphatic carbocycles. The number of nitrogen functional groups attached to an aromatic ring is 1. The zero-order valence-electron chi connectivity index (χ0n) is 12.7. The molecule has 2 heterocycles. The van der Waals surface area contributed by atoms with E-state index >= 15 is 0 Å². The summed E-state index contributed by atoms with van der Waals surface area (Å²) in [5, 5.41) is 11.3. The van der Waals surface area contributed by atoms with E-state index in [4.69, 9.17) is 5.84 Å². The molecule has 1 aromatic heterocycles. The molecule has 8 nitrogen and oxygen atoms in total. The lowest BCUT2D eigenvalue weighted by atomic mass is 9.78. The molecule has 2 rings (SSSR count). The molecule has 1 fully saturated rings. The van der Waals surface area contributed by atoms with Gasteiger partial charge in [0.1, 0.15) is 5.69 Å². The highest BCUT2D eigenvalue weighted by atomic mass is 16.6. The summed E-state index contributed by atoms with van der Waals surface area (Å²) in [6.07, 6.45) is 3.10. The number of aryl methyl sites for hydroxylation is 1. The van der Waals surface area contributed by atoms with Crippen molar-refractivity contribution in [2.45, 2.75) is 40.0 Å². The zero-order valence-corrected chi connectivity index (χ0v) is 12.7. The summed E-state index contributed by atoms with van der Waals surface area (Å²) in [5.74, 6) is 5.91. The maximum atomic E-state index is 11.3. The highest BCUT2D eigenvalue weighted by molar-refractivity contribution is 5.62. The Balaban J connectivity index is 2.35. The standard InChI is InChI=1S/C13H22N6O2/c1-4-13(3)5-7-18(8-6-13)11-10(19(20)21)9(2)15-12(16-11)17-14/h4-8,14H2,1-3H3,(H,15,16,17). The van der Waals surface area contributed by atoms with Crippen LogP contribution in [0.3, 0.4) is 0 Å². The van der Waals surface area contributed by atoms with Crippen LogP contribution in [-0.4, -0.2) is 28.0 Å². The van der Waals surface area contributed by atoms with Crippen LogP contribution in [0, 0.1) is 22.5 Å². The molecule has 0 saturated carbocycles. The van der Waals surface area contributed by atoms with Crippen LogP contribution in [-0.2, 0) is 0 Å². The van der Waals surface area contributed by atoms with E-state index in [0.717, 1.165) is 32.4 Å². The first-order valence-electron chi connectivity index (χ1n) is 7.15. The maximum Gasteiger partial charge on any atom is 0.332 e. The predicted octanol–water partition coefficient (Wildman–Crippen LogP) is 2.00. The molecular weight excluding hydrogens is 272 g/mol. The van der Waals surface area contributed by atoms with Gasteiger partial charge in [-0.1, -0.05) is 20.3 Å². The lowest BCUT2D eigenvalue weighted by Crippen LogP contribution is -2.39. The fraction of sp³-hybridized carbons (Fsp3) is 0.692. The van der Waals surface area contributed by atoms with Gasteiger partial charge in [0.15, 0.2) is 0 Å². The predicted molar refractivity (Wildman–Crippen MR) is 81.1 cm³/mol. The Labute approximate surface area is 123 Å². The molecule has 21 heavy (non-hydrogen) atoms. The monoisotopic (exact) mass is 294 g/mol. The number of hydrazine groups is 1. The largest absolute Gasteiger partial charge is 0.351 e. The topological polar surface area (TPSA) is 110 Å². The molecule has 0 spiro atoms. The number of nitrogens with zero attached hydrogens (tertiary/aromatic N) is 4. The second-order valence-electron chi connectivity index (χ2n) is 5.86. The Hall–Kier alpha value is -1.96. The van der Waals surface area contributed by atoms with Crippen LogP contribution in [0.5, 0.6) is 0 Å². The molecule has 0 amide bonds. The van der Waals surface area contributed by atoms with Gasteiger partial charge in [-0.15, -0.1) is 0 Å². The minimum Gasteiger partial charge on any atom is -0.351 e. The Morgan fingerprint density at radius 1 is 1.43 bits per heavy atom. The average Bonchev–Trinajstić information content (AvgIpc) is 2.46. The first-order valence-corrected chi connectivity index (χ1v) is 7.15. The number of nitrogens with one attached hydrogen (secondary N) is 1. The number of rotatable bonds is 4. The minimum atomic E-state index is -0.418. The van der Waals surface area contributed by atoms with Crippen molar-refractivity contribution in [3.8, 4) is 0 Å². The van der Waals surface area contributed by atoms with Gasteiger partial charge in [0.2, 0.25) is 11.8 Å². The third kappa shape index (κ3) is 3.05.